The van der Waals surface area contributed by atoms with Gasteiger partial charge in [0.05, 0.1) is 6.61 Å². The summed E-state index contributed by atoms with van der Waals surface area (Å²) in [5.74, 6) is 0. The quantitative estimate of drug-likeness (QED) is 0.819. The Bertz CT molecular complexity index is 446. The highest BCUT2D eigenvalue weighted by Gasteiger charge is 2.27. The number of aliphatic hydroxyl groups is 1. The fraction of sp³-hybridized carbons (Fsp3) is 0.467. The van der Waals surface area contributed by atoms with Gasteiger partial charge in [0.1, 0.15) is 0 Å². The average Bonchev–Trinajstić information content (AvgIpc) is 2.28. The first-order chi connectivity index (χ1) is 8.04. The van der Waals surface area contributed by atoms with E-state index in [0.717, 1.165) is 12.1 Å². The summed E-state index contributed by atoms with van der Waals surface area (Å²) in [6.07, 6.45) is 3.01. The van der Waals surface area contributed by atoms with Crippen molar-refractivity contribution in [2.24, 2.45) is 0 Å². The highest BCUT2D eigenvalue weighted by atomic mass is 16.2. The second-order valence-electron chi connectivity index (χ2n) is 5.39. The number of aliphatic hydroxyl groups excluding tert-OH is 1. The molecule has 0 atom stereocenters. The van der Waals surface area contributed by atoms with Gasteiger partial charge in [-0.2, -0.15) is 0 Å². The first kappa shape index (κ1) is 12.2. The third-order valence-electron chi connectivity index (χ3n) is 3.67. The third kappa shape index (κ3) is 2.37. The van der Waals surface area contributed by atoms with Crippen LogP contribution in [0.5, 0.6) is 0 Å². The molecule has 92 valence electrons. The first-order valence-electron chi connectivity index (χ1n) is 6.21. The summed E-state index contributed by atoms with van der Waals surface area (Å²) in [4.78, 5) is 0. The Kier molecular flexibility index (Phi) is 3.25. The molecule has 0 radical (unpaired) electrons. The molecule has 0 amide bonds. The SMILES string of the molecule is C/C(=C/CO)c1ccc2c(c1)NCCC2(C)C. The van der Waals surface area contributed by atoms with Gasteiger partial charge in [0.15, 0.2) is 0 Å². The van der Waals surface area contributed by atoms with Crippen molar-refractivity contribution in [3.63, 3.8) is 0 Å². The van der Waals surface area contributed by atoms with Gasteiger partial charge < -0.3 is 10.4 Å². The van der Waals surface area contributed by atoms with E-state index in [4.69, 9.17) is 5.11 Å². The van der Waals surface area contributed by atoms with E-state index in [1.54, 1.807) is 0 Å². The van der Waals surface area contributed by atoms with Crippen LogP contribution in [0.25, 0.3) is 5.57 Å². The van der Waals surface area contributed by atoms with Crippen molar-refractivity contribution >= 4 is 11.3 Å². The topological polar surface area (TPSA) is 32.3 Å². The van der Waals surface area contributed by atoms with Crippen LogP contribution in [0.15, 0.2) is 24.3 Å². The Balaban J connectivity index is 2.41. The van der Waals surface area contributed by atoms with Crippen LogP contribution in [0.3, 0.4) is 0 Å². The van der Waals surface area contributed by atoms with E-state index < -0.39 is 0 Å². The number of hydrogen-bond acceptors (Lipinski definition) is 2. The maximum Gasteiger partial charge on any atom is 0.0618 e. The van der Waals surface area contributed by atoms with Crippen molar-refractivity contribution in [2.45, 2.75) is 32.6 Å². The Labute approximate surface area is 103 Å². The van der Waals surface area contributed by atoms with Gasteiger partial charge in [0.2, 0.25) is 0 Å². The maximum absolute atomic E-state index is 8.93. The number of allylic oxidation sites excluding steroid dienone is 1. The fourth-order valence-electron chi connectivity index (χ4n) is 2.43. The summed E-state index contributed by atoms with van der Waals surface area (Å²) in [6.45, 7) is 7.76. The lowest BCUT2D eigenvalue weighted by Crippen LogP contribution is -2.28. The van der Waals surface area contributed by atoms with Gasteiger partial charge in [-0.25, -0.2) is 0 Å². The Hall–Kier alpha value is -1.28. The van der Waals surface area contributed by atoms with Crippen LogP contribution in [-0.2, 0) is 5.41 Å². The summed E-state index contributed by atoms with van der Waals surface area (Å²) in [6, 6.07) is 6.55. The summed E-state index contributed by atoms with van der Waals surface area (Å²) < 4.78 is 0. The zero-order valence-corrected chi connectivity index (χ0v) is 10.9. The van der Waals surface area contributed by atoms with Crippen molar-refractivity contribution in [3.05, 3.63) is 35.4 Å². The molecule has 0 unspecified atom stereocenters. The molecule has 1 aliphatic heterocycles. The van der Waals surface area contributed by atoms with Gasteiger partial charge in [-0.15, -0.1) is 0 Å². The first-order valence-corrected chi connectivity index (χ1v) is 6.21. The number of rotatable bonds is 2. The van der Waals surface area contributed by atoms with Gasteiger partial charge in [-0.05, 0) is 41.5 Å². The monoisotopic (exact) mass is 231 g/mol. The summed E-state index contributed by atoms with van der Waals surface area (Å²) >= 11 is 0. The fourth-order valence-corrected chi connectivity index (χ4v) is 2.43. The van der Waals surface area contributed by atoms with Gasteiger partial charge in [0, 0.05) is 12.2 Å². The lowest BCUT2D eigenvalue weighted by molar-refractivity contribution is 0.343. The number of anilines is 1. The van der Waals surface area contributed by atoms with Crippen LogP contribution < -0.4 is 5.32 Å². The molecule has 0 spiro atoms. The summed E-state index contributed by atoms with van der Waals surface area (Å²) in [7, 11) is 0. The van der Waals surface area contributed by atoms with E-state index in [-0.39, 0.29) is 12.0 Å². The Morgan fingerprint density at radius 2 is 2.24 bits per heavy atom. The van der Waals surface area contributed by atoms with Crippen molar-refractivity contribution in [2.75, 3.05) is 18.5 Å². The molecule has 1 aliphatic rings. The lowest BCUT2D eigenvalue weighted by Gasteiger charge is -2.33. The second kappa shape index (κ2) is 4.53. The van der Waals surface area contributed by atoms with Crippen molar-refractivity contribution in [3.8, 4) is 0 Å². The van der Waals surface area contributed by atoms with Crippen LogP contribution in [0.2, 0.25) is 0 Å². The highest BCUT2D eigenvalue weighted by molar-refractivity contribution is 5.70. The third-order valence-corrected chi connectivity index (χ3v) is 3.67. The van der Waals surface area contributed by atoms with E-state index in [2.05, 4.69) is 37.4 Å². The number of nitrogens with one attached hydrogen (secondary N) is 1. The van der Waals surface area contributed by atoms with Crippen LogP contribution in [0.1, 0.15) is 38.3 Å². The van der Waals surface area contributed by atoms with Crippen molar-refractivity contribution < 1.29 is 5.11 Å². The molecular weight excluding hydrogens is 210 g/mol. The second-order valence-corrected chi connectivity index (χ2v) is 5.39. The predicted octanol–water partition coefficient (Wildman–Crippen LogP) is 3.18. The molecule has 1 heterocycles. The van der Waals surface area contributed by atoms with Crippen LogP contribution in [-0.4, -0.2) is 18.3 Å². The molecule has 0 fully saturated rings. The molecule has 0 saturated carbocycles. The van der Waals surface area contributed by atoms with Crippen LogP contribution >= 0.6 is 0 Å². The molecule has 0 bridgehead atoms. The molecule has 0 aliphatic carbocycles. The maximum atomic E-state index is 8.93. The minimum absolute atomic E-state index is 0.0990. The van der Waals surface area contributed by atoms with E-state index in [1.165, 1.54) is 23.2 Å². The van der Waals surface area contributed by atoms with Crippen LogP contribution in [0.4, 0.5) is 5.69 Å². The van der Waals surface area contributed by atoms with E-state index in [9.17, 15) is 0 Å². The number of benzene rings is 1. The highest BCUT2D eigenvalue weighted by Crippen LogP contribution is 2.37. The predicted molar refractivity (Wildman–Crippen MR) is 73.3 cm³/mol. The average molecular weight is 231 g/mol. The van der Waals surface area contributed by atoms with Crippen LogP contribution in [0, 0.1) is 0 Å². The molecule has 2 N–H and O–H groups in total. The van der Waals surface area contributed by atoms with Gasteiger partial charge in [0.25, 0.3) is 0 Å². The van der Waals surface area contributed by atoms with Gasteiger partial charge in [-0.1, -0.05) is 32.1 Å². The largest absolute Gasteiger partial charge is 0.392 e. The Morgan fingerprint density at radius 3 is 2.94 bits per heavy atom. The molecule has 2 nitrogen and oxygen atoms in total. The Morgan fingerprint density at radius 1 is 1.47 bits per heavy atom. The molecule has 1 aromatic rings. The van der Waals surface area contributed by atoms with Gasteiger partial charge >= 0.3 is 0 Å². The summed E-state index contributed by atoms with van der Waals surface area (Å²) in [5.41, 5.74) is 5.20. The molecule has 17 heavy (non-hydrogen) atoms. The van der Waals surface area contributed by atoms with Crippen molar-refractivity contribution in [1.82, 2.24) is 0 Å². The molecular formula is C15H21NO. The minimum atomic E-state index is 0.0990. The molecule has 2 rings (SSSR count). The molecule has 0 saturated heterocycles. The van der Waals surface area contributed by atoms with E-state index >= 15 is 0 Å². The normalized spacial score (nSPS) is 18.5. The zero-order valence-electron chi connectivity index (χ0n) is 10.9. The summed E-state index contributed by atoms with van der Waals surface area (Å²) in [5, 5.41) is 12.4. The van der Waals surface area contributed by atoms with Crippen molar-refractivity contribution in [1.29, 1.82) is 0 Å². The standard InChI is InChI=1S/C15H21NO/c1-11(6-9-17)12-4-5-13-14(10-12)16-8-7-15(13,2)3/h4-6,10,16-17H,7-9H2,1-3H3/b11-6-. The molecule has 2 heteroatoms. The molecule has 1 aromatic carbocycles. The molecule has 0 aromatic heterocycles. The lowest BCUT2D eigenvalue weighted by atomic mass is 9.78. The zero-order chi connectivity index (χ0) is 12.5. The number of hydrogen-bond donors (Lipinski definition) is 2. The smallest absolute Gasteiger partial charge is 0.0618 e. The van der Waals surface area contributed by atoms with E-state index in [0.29, 0.717) is 0 Å². The number of fused-ring (bicyclic) bond motifs is 1. The minimum Gasteiger partial charge on any atom is -0.392 e. The van der Waals surface area contributed by atoms with Gasteiger partial charge in [-0.3, -0.25) is 0 Å². The van der Waals surface area contributed by atoms with E-state index in [1.807, 2.05) is 13.0 Å².